The van der Waals surface area contributed by atoms with Crippen LogP contribution in [0.3, 0.4) is 0 Å². The van der Waals surface area contributed by atoms with Gasteiger partial charge in [0.1, 0.15) is 5.75 Å². The molecule has 0 fully saturated rings. The summed E-state index contributed by atoms with van der Waals surface area (Å²) in [4.78, 5) is 0. The fourth-order valence-corrected chi connectivity index (χ4v) is 1.48. The summed E-state index contributed by atoms with van der Waals surface area (Å²) in [5, 5.41) is 8.62. The van der Waals surface area contributed by atoms with E-state index in [4.69, 9.17) is 14.7 Å². The molecule has 0 unspecified atom stereocenters. The molecule has 0 atom stereocenters. The molecule has 104 valence electrons. The van der Waals surface area contributed by atoms with Crippen LogP contribution in [0, 0.1) is 11.3 Å². The molecule has 0 aliphatic carbocycles. The van der Waals surface area contributed by atoms with E-state index >= 15 is 0 Å². The van der Waals surface area contributed by atoms with Crippen LogP contribution < -0.4 is 4.74 Å². The SMILES string of the molecule is COCCCCOc1ccc(C#N)cc1C(F)(F)F. The van der Waals surface area contributed by atoms with Crippen molar-refractivity contribution >= 4 is 0 Å². The molecule has 3 nitrogen and oxygen atoms in total. The Kier molecular flexibility index (Phi) is 5.64. The van der Waals surface area contributed by atoms with Crippen molar-refractivity contribution in [2.75, 3.05) is 20.3 Å². The molecule has 0 aromatic heterocycles. The van der Waals surface area contributed by atoms with E-state index in [1.807, 2.05) is 0 Å². The van der Waals surface area contributed by atoms with E-state index in [-0.39, 0.29) is 17.9 Å². The number of methoxy groups -OCH3 is 1. The predicted octanol–water partition coefficient (Wildman–Crippen LogP) is 3.38. The Balaban J connectivity index is 2.74. The van der Waals surface area contributed by atoms with Crippen LogP contribution in [0.25, 0.3) is 0 Å². The molecule has 0 radical (unpaired) electrons. The molecule has 0 aliphatic rings. The Bertz CT molecular complexity index is 452. The second kappa shape index (κ2) is 7.00. The monoisotopic (exact) mass is 273 g/mol. The molecule has 0 heterocycles. The number of halogens is 3. The molecule has 0 saturated heterocycles. The Morgan fingerprint density at radius 1 is 1.21 bits per heavy atom. The van der Waals surface area contributed by atoms with Gasteiger partial charge in [-0.1, -0.05) is 0 Å². The van der Waals surface area contributed by atoms with Gasteiger partial charge in [-0.3, -0.25) is 0 Å². The van der Waals surface area contributed by atoms with Crippen LogP contribution in [-0.2, 0) is 10.9 Å². The fourth-order valence-electron chi connectivity index (χ4n) is 1.48. The first-order chi connectivity index (χ1) is 8.99. The minimum atomic E-state index is -4.53. The van der Waals surface area contributed by atoms with Crippen molar-refractivity contribution in [3.63, 3.8) is 0 Å². The first-order valence-electron chi connectivity index (χ1n) is 5.72. The molecular weight excluding hydrogens is 259 g/mol. The van der Waals surface area contributed by atoms with Gasteiger partial charge in [0.25, 0.3) is 0 Å². The van der Waals surface area contributed by atoms with Crippen LogP contribution in [0.5, 0.6) is 5.75 Å². The zero-order chi connectivity index (χ0) is 14.3. The summed E-state index contributed by atoms with van der Waals surface area (Å²) in [7, 11) is 1.56. The van der Waals surface area contributed by atoms with Gasteiger partial charge >= 0.3 is 6.18 Å². The number of unbranched alkanes of at least 4 members (excludes halogenated alkanes) is 1. The van der Waals surface area contributed by atoms with E-state index in [2.05, 4.69) is 0 Å². The molecule has 0 bridgehead atoms. The normalized spacial score (nSPS) is 11.1. The summed E-state index contributed by atoms with van der Waals surface area (Å²) in [6.45, 7) is 0.723. The third-order valence-corrected chi connectivity index (χ3v) is 2.41. The number of benzene rings is 1. The van der Waals surface area contributed by atoms with Gasteiger partial charge in [-0.2, -0.15) is 18.4 Å². The van der Waals surface area contributed by atoms with Gasteiger partial charge in [-0.25, -0.2) is 0 Å². The van der Waals surface area contributed by atoms with E-state index < -0.39 is 11.7 Å². The Hall–Kier alpha value is -1.74. The number of ether oxygens (including phenoxy) is 2. The first-order valence-corrected chi connectivity index (χ1v) is 5.72. The topological polar surface area (TPSA) is 42.2 Å². The largest absolute Gasteiger partial charge is 0.493 e. The van der Waals surface area contributed by atoms with Crippen LogP contribution in [0.15, 0.2) is 18.2 Å². The number of nitriles is 1. The number of hydrogen-bond acceptors (Lipinski definition) is 3. The maximum Gasteiger partial charge on any atom is 0.420 e. The van der Waals surface area contributed by atoms with Crippen molar-refractivity contribution in [2.45, 2.75) is 19.0 Å². The lowest BCUT2D eigenvalue weighted by Crippen LogP contribution is -2.10. The number of rotatable bonds is 6. The molecule has 0 saturated carbocycles. The highest BCUT2D eigenvalue weighted by atomic mass is 19.4. The van der Waals surface area contributed by atoms with E-state index in [9.17, 15) is 13.2 Å². The molecule has 1 rings (SSSR count). The van der Waals surface area contributed by atoms with Gasteiger partial charge in [0.15, 0.2) is 0 Å². The first kappa shape index (κ1) is 15.3. The predicted molar refractivity (Wildman–Crippen MR) is 62.8 cm³/mol. The summed E-state index contributed by atoms with van der Waals surface area (Å²) < 4.78 is 48.3. The average Bonchev–Trinajstić information content (AvgIpc) is 2.37. The molecular formula is C13H14F3NO2. The molecule has 1 aromatic carbocycles. The third-order valence-electron chi connectivity index (χ3n) is 2.41. The van der Waals surface area contributed by atoms with Crippen molar-refractivity contribution < 1.29 is 22.6 Å². The lowest BCUT2D eigenvalue weighted by Gasteiger charge is -2.14. The second-order valence-electron chi connectivity index (χ2n) is 3.87. The smallest absolute Gasteiger partial charge is 0.420 e. The number of alkyl halides is 3. The van der Waals surface area contributed by atoms with Crippen molar-refractivity contribution in [1.29, 1.82) is 5.26 Å². The zero-order valence-electron chi connectivity index (χ0n) is 10.5. The van der Waals surface area contributed by atoms with Crippen molar-refractivity contribution in [2.24, 2.45) is 0 Å². The Morgan fingerprint density at radius 3 is 2.47 bits per heavy atom. The van der Waals surface area contributed by atoms with Crippen LogP contribution in [0.1, 0.15) is 24.0 Å². The second-order valence-corrected chi connectivity index (χ2v) is 3.87. The van der Waals surface area contributed by atoms with Gasteiger partial charge in [-0.05, 0) is 31.0 Å². The highest BCUT2D eigenvalue weighted by Crippen LogP contribution is 2.36. The van der Waals surface area contributed by atoms with E-state index in [0.29, 0.717) is 19.4 Å². The van der Waals surface area contributed by atoms with Crippen LogP contribution in [0.4, 0.5) is 13.2 Å². The molecule has 0 spiro atoms. The van der Waals surface area contributed by atoms with Gasteiger partial charge in [0, 0.05) is 13.7 Å². The minimum absolute atomic E-state index is 0.0425. The number of hydrogen-bond donors (Lipinski definition) is 0. The minimum Gasteiger partial charge on any atom is -0.493 e. The zero-order valence-corrected chi connectivity index (χ0v) is 10.5. The van der Waals surface area contributed by atoms with E-state index in [1.165, 1.54) is 12.1 Å². The summed E-state index contributed by atoms with van der Waals surface area (Å²) >= 11 is 0. The van der Waals surface area contributed by atoms with Crippen LogP contribution in [0.2, 0.25) is 0 Å². The van der Waals surface area contributed by atoms with E-state index in [0.717, 1.165) is 6.07 Å². The summed E-state index contributed by atoms with van der Waals surface area (Å²) in [6.07, 6.45) is -3.21. The van der Waals surface area contributed by atoms with Gasteiger partial charge in [-0.15, -0.1) is 0 Å². The standard InChI is InChI=1S/C13H14F3NO2/c1-18-6-2-3-7-19-12-5-4-10(9-17)8-11(12)13(14,15)16/h4-5,8H,2-3,6-7H2,1H3. The quantitative estimate of drug-likeness (QED) is 0.746. The van der Waals surface area contributed by atoms with Crippen molar-refractivity contribution in [3.05, 3.63) is 29.3 Å². The van der Waals surface area contributed by atoms with Gasteiger partial charge in [0.2, 0.25) is 0 Å². The van der Waals surface area contributed by atoms with Crippen molar-refractivity contribution in [1.82, 2.24) is 0 Å². The van der Waals surface area contributed by atoms with Gasteiger partial charge in [0.05, 0.1) is 23.8 Å². The molecule has 0 amide bonds. The fraction of sp³-hybridized carbons (Fsp3) is 0.462. The average molecular weight is 273 g/mol. The molecule has 0 N–H and O–H groups in total. The summed E-state index contributed by atoms with van der Waals surface area (Å²) in [6, 6.07) is 4.96. The maximum absolute atomic E-state index is 12.8. The molecule has 6 heteroatoms. The lowest BCUT2D eigenvalue weighted by atomic mass is 10.1. The Labute approximate surface area is 109 Å². The highest BCUT2D eigenvalue weighted by Gasteiger charge is 2.34. The Morgan fingerprint density at radius 2 is 1.89 bits per heavy atom. The third kappa shape index (κ3) is 4.79. The molecule has 1 aromatic rings. The highest BCUT2D eigenvalue weighted by molar-refractivity contribution is 5.43. The number of nitrogens with zero attached hydrogens (tertiary/aromatic N) is 1. The summed E-state index contributed by atoms with van der Waals surface area (Å²) in [5.74, 6) is -0.246. The van der Waals surface area contributed by atoms with E-state index in [1.54, 1.807) is 13.2 Å². The lowest BCUT2D eigenvalue weighted by molar-refractivity contribution is -0.139. The van der Waals surface area contributed by atoms with Crippen LogP contribution >= 0.6 is 0 Å². The molecule has 19 heavy (non-hydrogen) atoms. The molecule has 0 aliphatic heterocycles. The van der Waals surface area contributed by atoms with Crippen molar-refractivity contribution in [3.8, 4) is 11.8 Å². The summed E-state index contributed by atoms with van der Waals surface area (Å²) in [5.41, 5.74) is -0.961. The van der Waals surface area contributed by atoms with Gasteiger partial charge < -0.3 is 9.47 Å². The maximum atomic E-state index is 12.8. The van der Waals surface area contributed by atoms with Crippen LogP contribution in [-0.4, -0.2) is 20.3 Å².